The number of nitrogens with zero attached hydrogens (tertiary/aromatic N) is 3. The first-order valence-corrected chi connectivity index (χ1v) is 12.6. The van der Waals surface area contributed by atoms with Crippen molar-refractivity contribution >= 4 is 37.5 Å². The van der Waals surface area contributed by atoms with E-state index in [-0.39, 0.29) is 4.90 Å². The van der Waals surface area contributed by atoms with Crippen LogP contribution >= 0.6 is 11.3 Å². The van der Waals surface area contributed by atoms with Gasteiger partial charge in [0.1, 0.15) is 5.75 Å². The number of aromatic nitrogens is 1. The molecule has 7 nitrogen and oxygen atoms in total. The molecule has 0 bridgehead atoms. The number of hydrogen-bond donors (Lipinski definition) is 0. The van der Waals surface area contributed by atoms with Crippen molar-refractivity contribution in [3.8, 4) is 5.75 Å². The number of aryl methyl sites for hydroxylation is 1. The lowest BCUT2D eigenvalue weighted by Crippen LogP contribution is -2.27. The Hall–Kier alpha value is -2.49. The van der Waals surface area contributed by atoms with E-state index in [1.165, 1.54) is 39.9 Å². The highest BCUT2D eigenvalue weighted by Gasteiger charge is 2.27. The van der Waals surface area contributed by atoms with E-state index in [4.69, 9.17) is 4.74 Å². The summed E-state index contributed by atoms with van der Waals surface area (Å²) < 4.78 is 35.2. The van der Waals surface area contributed by atoms with Gasteiger partial charge in [-0.2, -0.15) is 9.30 Å². The Balaban J connectivity index is 1.67. The van der Waals surface area contributed by atoms with Crippen LogP contribution in [0.3, 0.4) is 0 Å². The molecular weight excluding hydrogens is 434 g/mol. The van der Waals surface area contributed by atoms with Gasteiger partial charge in [0, 0.05) is 31.3 Å². The third-order valence-electron chi connectivity index (χ3n) is 5.34. The van der Waals surface area contributed by atoms with E-state index >= 15 is 0 Å². The maximum absolute atomic E-state index is 12.8. The predicted molar refractivity (Wildman–Crippen MR) is 121 cm³/mol. The third kappa shape index (κ3) is 4.30. The van der Waals surface area contributed by atoms with Crippen LogP contribution in [0, 0.1) is 0 Å². The topological polar surface area (TPSA) is 81.0 Å². The van der Waals surface area contributed by atoms with Crippen LogP contribution in [0.4, 0.5) is 0 Å². The molecule has 0 aliphatic carbocycles. The summed E-state index contributed by atoms with van der Waals surface area (Å²) in [6.07, 6.45) is 2.66. The average Bonchev–Trinajstić information content (AvgIpc) is 3.43. The van der Waals surface area contributed by atoms with Crippen LogP contribution in [0.5, 0.6) is 5.75 Å². The van der Waals surface area contributed by atoms with Gasteiger partial charge in [0.25, 0.3) is 5.91 Å². The number of rotatable bonds is 6. The largest absolute Gasteiger partial charge is 0.497 e. The Bertz CT molecular complexity index is 1270. The van der Waals surface area contributed by atoms with Crippen LogP contribution in [0.1, 0.15) is 36.5 Å². The summed E-state index contributed by atoms with van der Waals surface area (Å²) >= 11 is 1.45. The summed E-state index contributed by atoms with van der Waals surface area (Å²) in [4.78, 5) is 18.0. The Morgan fingerprint density at radius 1 is 1.13 bits per heavy atom. The van der Waals surface area contributed by atoms with Gasteiger partial charge in [-0.1, -0.05) is 18.3 Å². The molecule has 3 aromatic rings. The van der Waals surface area contributed by atoms with E-state index in [1.54, 1.807) is 7.11 Å². The molecule has 0 radical (unpaired) electrons. The molecule has 4 rings (SSSR count). The van der Waals surface area contributed by atoms with Gasteiger partial charge in [0.2, 0.25) is 10.0 Å². The molecule has 0 atom stereocenters. The van der Waals surface area contributed by atoms with Crippen LogP contribution in [0.2, 0.25) is 0 Å². The molecule has 164 valence electrons. The van der Waals surface area contributed by atoms with Gasteiger partial charge in [-0.15, -0.1) is 0 Å². The number of amides is 1. The molecule has 0 saturated carbocycles. The zero-order valence-corrected chi connectivity index (χ0v) is 19.2. The van der Waals surface area contributed by atoms with E-state index in [9.17, 15) is 13.2 Å². The molecule has 2 heterocycles. The zero-order valence-electron chi connectivity index (χ0n) is 17.6. The first-order valence-electron chi connectivity index (χ1n) is 10.3. The molecule has 2 aromatic carbocycles. The van der Waals surface area contributed by atoms with Crippen LogP contribution < -0.4 is 9.54 Å². The average molecular weight is 460 g/mol. The van der Waals surface area contributed by atoms with Gasteiger partial charge < -0.3 is 9.30 Å². The summed E-state index contributed by atoms with van der Waals surface area (Å²) in [7, 11) is -1.88. The SMILES string of the molecule is CCCn1c(=NC(=O)c2ccc(S(=O)(=O)N3CCCC3)cc2)sc2ccc(OC)cc21. The van der Waals surface area contributed by atoms with E-state index < -0.39 is 15.9 Å². The van der Waals surface area contributed by atoms with Crippen LogP contribution in [0.25, 0.3) is 10.2 Å². The molecule has 0 spiro atoms. The molecule has 0 N–H and O–H groups in total. The summed E-state index contributed by atoms with van der Waals surface area (Å²) in [5.41, 5.74) is 1.34. The number of ether oxygens (including phenoxy) is 1. The van der Waals surface area contributed by atoms with Crippen molar-refractivity contribution in [1.82, 2.24) is 8.87 Å². The smallest absolute Gasteiger partial charge is 0.279 e. The van der Waals surface area contributed by atoms with Gasteiger partial charge in [-0.05, 0) is 55.7 Å². The fourth-order valence-corrected chi connectivity index (χ4v) is 6.25. The summed E-state index contributed by atoms with van der Waals surface area (Å²) in [5.74, 6) is 0.358. The number of carbonyl (C=O) groups excluding carboxylic acids is 1. The number of methoxy groups -OCH3 is 1. The summed E-state index contributed by atoms with van der Waals surface area (Å²) in [6, 6.07) is 11.9. The molecule has 31 heavy (non-hydrogen) atoms. The van der Waals surface area contributed by atoms with E-state index in [0.717, 1.165) is 41.8 Å². The van der Waals surface area contributed by atoms with Gasteiger partial charge in [-0.25, -0.2) is 8.42 Å². The van der Waals surface area contributed by atoms with Crippen LogP contribution in [-0.2, 0) is 16.6 Å². The number of sulfonamides is 1. The molecule has 1 saturated heterocycles. The Kier molecular flexibility index (Phi) is 6.27. The quantitative estimate of drug-likeness (QED) is 0.564. The minimum atomic E-state index is -3.50. The van der Waals surface area contributed by atoms with Gasteiger partial charge in [-0.3, -0.25) is 4.79 Å². The van der Waals surface area contributed by atoms with E-state index in [2.05, 4.69) is 11.9 Å². The lowest BCUT2D eigenvalue weighted by Gasteiger charge is -2.15. The second-order valence-electron chi connectivity index (χ2n) is 7.42. The highest BCUT2D eigenvalue weighted by atomic mass is 32.2. The summed E-state index contributed by atoms with van der Waals surface area (Å²) in [5, 5.41) is 0. The third-order valence-corrected chi connectivity index (χ3v) is 8.31. The van der Waals surface area contributed by atoms with Crippen molar-refractivity contribution in [3.63, 3.8) is 0 Å². The maximum Gasteiger partial charge on any atom is 0.279 e. The Morgan fingerprint density at radius 2 is 1.84 bits per heavy atom. The van der Waals surface area contributed by atoms with Gasteiger partial charge in [0.05, 0.1) is 22.2 Å². The number of hydrogen-bond acceptors (Lipinski definition) is 5. The molecular formula is C22H25N3O4S2. The number of carbonyl (C=O) groups is 1. The predicted octanol–water partition coefficient (Wildman–Crippen LogP) is 3.65. The second-order valence-corrected chi connectivity index (χ2v) is 10.4. The molecule has 0 unspecified atom stereocenters. The molecule has 1 aliphatic heterocycles. The van der Waals surface area contributed by atoms with Crippen LogP contribution in [0.15, 0.2) is 52.4 Å². The lowest BCUT2D eigenvalue weighted by atomic mass is 10.2. The van der Waals surface area contributed by atoms with Crippen molar-refractivity contribution < 1.29 is 17.9 Å². The van der Waals surface area contributed by atoms with Crippen molar-refractivity contribution in [1.29, 1.82) is 0 Å². The number of benzene rings is 2. The highest BCUT2D eigenvalue weighted by molar-refractivity contribution is 7.89. The fourth-order valence-electron chi connectivity index (χ4n) is 3.70. The fraction of sp³-hybridized carbons (Fsp3) is 0.364. The molecule has 1 aliphatic rings. The Labute approximate surface area is 185 Å². The highest BCUT2D eigenvalue weighted by Crippen LogP contribution is 2.24. The normalized spacial score (nSPS) is 15.6. The minimum Gasteiger partial charge on any atom is -0.497 e. The zero-order chi connectivity index (χ0) is 22.0. The lowest BCUT2D eigenvalue weighted by molar-refractivity contribution is 0.0997. The second kappa shape index (κ2) is 8.94. The standard InChI is InChI=1S/C22H25N3O4S2/c1-3-12-25-19-15-17(29-2)8-11-20(19)30-22(25)23-21(26)16-6-9-18(10-7-16)31(27,28)24-13-4-5-14-24/h6-11,15H,3-5,12-14H2,1-2H3. The minimum absolute atomic E-state index is 0.209. The molecule has 9 heteroatoms. The van der Waals surface area contributed by atoms with E-state index in [1.807, 2.05) is 22.8 Å². The van der Waals surface area contributed by atoms with Crippen molar-refractivity contribution in [2.45, 2.75) is 37.6 Å². The van der Waals surface area contributed by atoms with Gasteiger partial charge >= 0.3 is 0 Å². The molecule has 1 fully saturated rings. The molecule has 1 aromatic heterocycles. The first kappa shape index (κ1) is 21.7. The monoisotopic (exact) mass is 459 g/mol. The van der Waals surface area contributed by atoms with Crippen molar-refractivity contribution in [2.75, 3.05) is 20.2 Å². The summed E-state index contributed by atoms with van der Waals surface area (Å²) in [6.45, 7) is 3.90. The maximum atomic E-state index is 12.8. The Morgan fingerprint density at radius 3 is 2.48 bits per heavy atom. The van der Waals surface area contributed by atoms with Crippen LogP contribution in [-0.4, -0.2) is 43.4 Å². The van der Waals surface area contributed by atoms with Crippen molar-refractivity contribution in [3.05, 3.63) is 52.8 Å². The van der Waals surface area contributed by atoms with E-state index in [0.29, 0.717) is 23.5 Å². The first-order chi connectivity index (χ1) is 14.9. The van der Waals surface area contributed by atoms with Crippen molar-refractivity contribution in [2.24, 2.45) is 4.99 Å². The molecule has 1 amide bonds. The number of thiazole rings is 1. The number of fused-ring (bicyclic) bond motifs is 1. The van der Waals surface area contributed by atoms with Gasteiger partial charge in [0.15, 0.2) is 4.80 Å².